The van der Waals surface area contributed by atoms with Gasteiger partial charge in [0.25, 0.3) is 5.91 Å². The minimum atomic E-state index is -0.479. The lowest BCUT2D eigenvalue weighted by Crippen LogP contribution is -2.40. The third-order valence-corrected chi connectivity index (χ3v) is 4.63. The number of carbonyl (C=O) groups excluding carboxylic acids is 2. The van der Waals surface area contributed by atoms with Crippen molar-refractivity contribution in [3.63, 3.8) is 0 Å². The van der Waals surface area contributed by atoms with E-state index >= 15 is 0 Å². The van der Waals surface area contributed by atoms with Gasteiger partial charge < -0.3 is 9.64 Å². The third-order valence-electron chi connectivity index (χ3n) is 3.94. The molecule has 114 valence electrons. The normalized spacial score (nSPS) is 15.5. The molecular formula is C16H20BrNO3. The molecule has 0 aliphatic heterocycles. The number of likely N-dealkylation sites (N-methyl/N-ethyl adjacent to an activating group) is 1. The van der Waals surface area contributed by atoms with Crippen LogP contribution in [0.25, 0.3) is 0 Å². The van der Waals surface area contributed by atoms with Crippen LogP contribution in [0, 0.1) is 0 Å². The fraction of sp³-hybridized carbons (Fsp3) is 0.500. The Morgan fingerprint density at radius 1 is 1.24 bits per heavy atom. The van der Waals surface area contributed by atoms with E-state index in [1.54, 1.807) is 30.1 Å². The smallest absolute Gasteiger partial charge is 0.339 e. The Hall–Kier alpha value is -1.36. The molecule has 0 atom stereocenters. The second kappa shape index (κ2) is 7.59. The first-order valence-electron chi connectivity index (χ1n) is 7.27. The maximum Gasteiger partial charge on any atom is 0.339 e. The fourth-order valence-corrected chi connectivity index (χ4v) is 3.05. The number of ether oxygens (including phenoxy) is 1. The van der Waals surface area contributed by atoms with Gasteiger partial charge in [-0.15, -0.1) is 0 Å². The lowest BCUT2D eigenvalue weighted by molar-refractivity contribution is -0.135. The summed E-state index contributed by atoms with van der Waals surface area (Å²) in [6.45, 7) is -0.201. The Morgan fingerprint density at radius 3 is 2.57 bits per heavy atom. The molecule has 1 fully saturated rings. The van der Waals surface area contributed by atoms with Crippen molar-refractivity contribution in [1.82, 2.24) is 4.90 Å². The highest BCUT2D eigenvalue weighted by Gasteiger charge is 2.23. The second-order valence-electron chi connectivity index (χ2n) is 5.35. The van der Waals surface area contributed by atoms with Gasteiger partial charge in [-0.1, -0.05) is 31.4 Å². The molecular weight excluding hydrogens is 334 g/mol. The number of esters is 1. The van der Waals surface area contributed by atoms with Crippen molar-refractivity contribution < 1.29 is 14.3 Å². The van der Waals surface area contributed by atoms with Gasteiger partial charge in [0.15, 0.2) is 6.61 Å². The number of hydrogen-bond acceptors (Lipinski definition) is 3. The lowest BCUT2D eigenvalue weighted by Gasteiger charge is -2.31. The summed E-state index contributed by atoms with van der Waals surface area (Å²) in [4.78, 5) is 25.8. The van der Waals surface area contributed by atoms with E-state index in [0.717, 1.165) is 12.8 Å². The highest BCUT2D eigenvalue weighted by atomic mass is 79.9. The van der Waals surface area contributed by atoms with Crippen molar-refractivity contribution in [3.05, 3.63) is 34.3 Å². The molecule has 2 rings (SSSR count). The molecule has 1 aliphatic carbocycles. The molecule has 0 N–H and O–H groups in total. The first kappa shape index (κ1) is 16.0. The van der Waals surface area contributed by atoms with Gasteiger partial charge in [0, 0.05) is 17.6 Å². The minimum absolute atomic E-state index is 0.137. The number of nitrogens with zero attached hydrogens (tertiary/aromatic N) is 1. The van der Waals surface area contributed by atoms with Gasteiger partial charge >= 0.3 is 5.97 Å². The molecule has 1 saturated carbocycles. The van der Waals surface area contributed by atoms with Crippen LogP contribution in [-0.4, -0.2) is 36.5 Å². The first-order valence-corrected chi connectivity index (χ1v) is 8.06. The molecule has 1 aromatic rings. The standard InChI is InChI=1S/C16H20BrNO3/c1-18(12-7-3-2-4-8-12)15(19)11-21-16(20)13-9-5-6-10-14(13)17/h5-6,9-10,12H,2-4,7-8,11H2,1H3. The Labute approximate surface area is 133 Å². The number of halogens is 1. The van der Waals surface area contributed by atoms with Crippen LogP contribution in [0.5, 0.6) is 0 Å². The van der Waals surface area contributed by atoms with Gasteiger partial charge in [-0.2, -0.15) is 0 Å². The Morgan fingerprint density at radius 2 is 1.90 bits per heavy atom. The molecule has 0 unspecified atom stereocenters. The van der Waals surface area contributed by atoms with Crippen LogP contribution in [-0.2, 0) is 9.53 Å². The van der Waals surface area contributed by atoms with Crippen molar-refractivity contribution in [2.75, 3.05) is 13.7 Å². The van der Waals surface area contributed by atoms with Gasteiger partial charge in [-0.05, 0) is 40.9 Å². The minimum Gasteiger partial charge on any atom is -0.452 e. The molecule has 5 heteroatoms. The SMILES string of the molecule is CN(C(=O)COC(=O)c1ccccc1Br)C1CCCCC1. The molecule has 21 heavy (non-hydrogen) atoms. The summed E-state index contributed by atoms with van der Waals surface area (Å²) in [5, 5.41) is 0. The monoisotopic (exact) mass is 353 g/mol. The topological polar surface area (TPSA) is 46.6 Å². The van der Waals surface area contributed by atoms with Crippen molar-refractivity contribution >= 4 is 27.8 Å². The van der Waals surface area contributed by atoms with E-state index in [0.29, 0.717) is 10.0 Å². The van der Waals surface area contributed by atoms with E-state index < -0.39 is 5.97 Å². The largest absolute Gasteiger partial charge is 0.452 e. The zero-order valence-electron chi connectivity index (χ0n) is 12.2. The second-order valence-corrected chi connectivity index (χ2v) is 6.21. The molecule has 1 aliphatic rings. The zero-order chi connectivity index (χ0) is 15.2. The summed E-state index contributed by atoms with van der Waals surface area (Å²) in [7, 11) is 1.80. The third kappa shape index (κ3) is 4.30. The van der Waals surface area contributed by atoms with Crippen molar-refractivity contribution in [2.45, 2.75) is 38.1 Å². The predicted octanol–water partition coefficient (Wildman–Crippen LogP) is 3.40. The summed E-state index contributed by atoms with van der Waals surface area (Å²) in [5.41, 5.74) is 0.436. The van der Waals surface area contributed by atoms with Gasteiger partial charge in [0.2, 0.25) is 0 Å². The summed E-state index contributed by atoms with van der Waals surface area (Å²) >= 11 is 3.30. The fourth-order valence-electron chi connectivity index (χ4n) is 2.61. The number of benzene rings is 1. The molecule has 0 radical (unpaired) electrons. The Kier molecular flexibility index (Phi) is 5.79. The van der Waals surface area contributed by atoms with Crippen LogP contribution in [0.1, 0.15) is 42.5 Å². The lowest BCUT2D eigenvalue weighted by atomic mass is 9.94. The van der Waals surface area contributed by atoms with Crippen LogP contribution in [0.3, 0.4) is 0 Å². The van der Waals surface area contributed by atoms with Crippen LogP contribution in [0.15, 0.2) is 28.7 Å². The molecule has 1 aromatic carbocycles. The predicted molar refractivity (Wildman–Crippen MR) is 84.1 cm³/mol. The Balaban J connectivity index is 1.86. The van der Waals surface area contributed by atoms with Crippen LogP contribution < -0.4 is 0 Å². The quantitative estimate of drug-likeness (QED) is 0.779. The van der Waals surface area contributed by atoms with Crippen LogP contribution in [0.2, 0.25) is 0 Å². The number of carbonyl (C=O) groups is 2. The number of rotatable bonds is 4. The van der Waals surface area contributed by atoms with E-state index in [1.165, 1.54) is 19.3 Å². The van der Waals surface area contributed by atoms with Gasteiger partial charge in [-0.25, -0.2) is 4.79 Å². The molecule has 0 saturated heterocycles. The zero-order valence-corrected chi connectivity index (χ0v) is 13.8. The molecule has 0 aromatic heterocycles. The molecule has 1 amide bonds. The van der Waals surface area contributed by atoms with E-state index in [1.807, 2.05) is 6.07 Å². The molecule has 0 heterocycles. The molecule has 0 bridgehead atoms. The highest BCUT2D eigenvalue weighted by Crippen LogP contribution is 2.22. The number of hydrogen-bond donors (Lipinski definition) is 0. The van der Waals surface area contributed by atoms with Crippen molar-refractivity contribution in [3.8, 4) is 0 Å². The highest BCUT2D eigenvalue weighted by molar-refractivity contribution is 9.10. The van der Waals surface area contributed by atoms with E-state index in [-0.39, 0.29) is 18.6 Å². The maximum absolute atomic E-state index is 12.1. The van der Waals surface area contributed by atoms with E-state index in [4.69, 9.17) is 4.74 Å². The first-order chi connectivity index (χ1) is 10.1. The van der Waals surface area contributed by atoms with E-state index in [9.17, 15) is 9.59 Å². The van der Waals surface area contributed by atoms with Gasteiger partial charge in [0.1, 0.15) is 0 Å². The van der Waals surface area contributed by atoms with Crippen LogP contribution >= 0.6 is 15.9 Å². The molecule has 0 spiro atoms. The van der Waals surface area contributed by atoms with Gasteiger partial charge in [-0.3, -0.25) is 4.79 Å². The summed E-state index contributed by atoms with van der Waals surface area (Å²) in [6, 6.07) is 7.31. The average molecular weight is 354 g/mol. The van der Waals surface area contributed by atoms with Crippen molar-refractivity contribution in [2.24, 2.45) is 0 Å². The van der Waals surface area contributed by atoms with Crippen molar-refractivity contribution in [1.29, 1.82) is 0 Å². The maximum atomic E-state index is 12.1. The van der Waals surface area contributed by atoms with Gasteiger partial charge in [0.05, 0.1) is 5.56 Å². The number of amides is 1. The summed E-state index contributed by atoms with van der Waals surface area (Å²) in [6.07, 6.45) is 5.66. The average Bonchev–Trinajstić information content (AvgIpc) is 2.52. The molecule has 4 nitrogen and oxygen atoms in total. The van der Waals surface area contributed by atoms with Crippen LogP contribution in [0.4, 0.5) is 0 Å². The summed E-state index contributed by atoms with van der Waals surface area (Å²) in [5.74, 6) is -0.616. The van der Waals surface area contributed by atoms with E-state index in [2.05, 4.69) is 15.9 Å². The Bertz CT molecular complexity index is 512. The summed E-state index contributed by atoms with van der Waals surface area (Å²) < 4.78 is 5.79.